The van der Waals surface area contributed by atoms with Gasteiger partial charge in [-0.3, -0.25) is 9.59 Å². The van der Waals surface area contributed by atoms with E-state index in [1.807, 2.05) is 0 Å². The van der Waals surface area contributed by atoms with Gasteiger partial charge < -0.3 is 10.6 Å². The Morgan fingerprint density at radius 1 is 1.08 bits per heavy atom. The van der Waals surface area contributed by atoms with Gasteiger partial charge in [-0.05, 0) is 30.3 Å². The van der Waals surface area contributed by atoms with Crippen LogP contribution in [0.4, 0.5) is 15.8 Å². The van der Waals surface area contributed by atoms with E-state index in [1.165, 1.54) is 25.1 Å². The van der Waals surface area contributed by atoms with E-state index in [0.29, 0.717) is 25.8 Å². The number of hydrogen-bond donors (Lipinski definition) is 2. The Bertz CT molecular complexity index is 1050. The van der Waals surface area contributed by atoms with Crippen molar-refractivity contribution in [3.05, 3.63) is 56.1 Å². The molecule has 134 valence electrons. The molecule has 0 bridgehead atoms. The number of carbonyl (C=O) groups excluding carboxylic acids is 2. The van der Waals surface area contributed by atoms with Crippen LogP contribution in [0.25, 0.3) is 10.1 Å². The normalized spacial score (nSPS) is 10.8. The van der Waals surface area contributed by atoms with Crippen molar-refractivity contribution < 1.29 is 14.0 Å². The average molecular weight is 432 g/mol. The molecule has 0 radical (unpaired) electrons. The van der Waals surface area contributed by atoms with Crippen LogP contribution in [0.2, 0.25) is 15.1 Å². The number of halogens is 4. The van der Waals surface area contributed by atoms with E-state index in [9.17, 15) is 14.0 Å². The first kappa shape index (κ1) is 18.9. The summed E-state index contributed by atoms with van der Waals surface area (Å²) in [7, 11) is 0. The lowest BCUT2D eigenvalue weighted by Crippen LogP contribution is -2.13. The second-order valence-corrected chi connectivity index (χ2v) is 7.61. The molecule has 0 saturated heterocycles. The molecular formula is C17H10Cl3FN2O2S. The van der Waals surface area contributed by atoms with Crippen LogP contribution < -0.4 is 10.6 Å². The second-order valence-electron chi connectivity index (χ2n) is 5.34. The highest BCUT2D eigenvalue weighted by Gasteiger charge is 2.20. The molecule has 0 aliphatic carbocycles. The van der Waals surface area contributed by atoms with E-state index in [4.69, 9.17) is 34.8 Å². The summed E-state index contributed by atoms with van der Waals surface area (Å²) in [6.07, 6.45) is 0. The van der Waals surface area contributed by atoms with Gasteiger partial charge in [0.2, 0.25) is 5.91 Å². The number of anilines is 2. The van der Waals surface area contributed by atoms with Crippen molar-refractivity contribution >= 4 is 79.4 Å². The molecule has 9 heteroatoms. The number of amides is 2. The third kappa shape index (κ3) is 3.78. The van der Waals surface area contributed by atoms with Crippen LogP contribution >= 0.6 is 46.1 Å². The summed E-state index contributed by atoms with van der Waals surface area (Å²) >= 11 is 19.5. The molecule has 2 amide bonds. The SMILES string of the molecule is CC(=O)Nc1ccc(F)c(NC(=O)c2sc3cc(Cl)cc(Cl)c3c2Cl)c1. The van der Waals surface area contributed by atoms with Crippen LogP contribution in [-0.2, 0) is 4.79 Å². The Morgan fingerprint density at radius 3 is 2.50 bits per heavy atom. The minimum Gasteiger partial charge on any atom is -0.326 e. The Morgan fingerprint density at radius 2 is 1.81 bits per heavy atom. The first-order valence-electron chi connectivity index (χ1n) is 7.22. The summed E-state index contributed by atoms with van der Waals surface area (Å²) in [5.74, 6) is -1.55. The molecule has 26 heavy (non-hydrogen) atoms. The Hall–Kier alpha value is -1.86. The Balaban J connectivity index is 1.96. The molecule has 2 N–H and O–H groups in total. The van der Waals surface area contributed by atoms with Crippen LogP contribution in [0, 0.1) is 5.82 Å². The zero-order valence-corrected chi connectivity index (χ0v) is 16.2. The van der Waals surface area contributed by atoms with Crippen molar-refractivity contribution in [3.63, 3.8) is 0 Å². The molecule has 0 unspecified atom stereocenters. The first-order valence-corrected chi connectivity index (χ1v) is 9.17. The molecule has 3 rings (SSSR count). The fourth-order valence-electron chi connectivity index (χ4n) is 2.34. The van der Waals surface area contributed by atoms with Gasteiger partial charge in [-0.2, -0.15) is 0 Å². The van der Waals surface area contributed by atoms with Gasteiger partial charge in [0.15, 0.2) is 0 Å². The van der Waals surface area contributed by atoms with Crippen LogP contribution in [0.1, 0.15) is 16.6 Å². The minimum atomic E-state index is -0.647. The molecule has 0 spiro atoms. The van der Waals surface area contributed by atoms with Crippen LogP contribution in [0.3, 0.4) is 0 Å². The van der Waals surface area contributed by atoms with Crippen molar-refractivity contribution in [2.24, 2.45) is 0 Å². The average Bonchev–Trinajstić information content (AvgIpc) is 2.87. The van der Waals surface area contributed by atoms with E-state index in [0.717, 1.165) is 17.4 Å². The maximum atomic E-state index is 14.0. The highest BCUT2D eigenvalue weighted by atomic mass is 35.5. The first-order chi connectivity index (χ1) is 12.3. The standard InChI is InChI=1S/C17H10Cl3FN2O2S/c1-7(24)22-9-2-3-11(21)12(6-9)23-17(25)16-15(20)14-10(19)4-8(18)5-13(14)26-16/h2-6H,1H3,(H,22,24)(H,23,25). The molecule has 0 atom stereocenters. The van der Waals surface area contributed by atoms with Crippen LogP contribution in [0.15, 0.2) is 30.3 Å². The highest BCUT2D eigenvalue weighted by Crippen LogP contribution is 2.41. The van der Waals surface area contributed by atoms with Gasteiger partial charge in [0.1, 0.15) is 10.7 Å². The molecule has 1 heterocycles. The predicted octanol–water partition coefficient (Wildman–Crippen LogP) is 6.21. The molecule has 3 aromatic rings. The van der Waals surface area contributed by atoms with Gasteiger partial charge >= 0.3 is 0 Å². The van der Waals surface area contributed by atoms with Crippen molar-refractivity contribution in [2.75, 3.05) is 10.6 Å². The number of carbonyl (C=O) groups is 2. The van der Waals surface area contributed by atoms with E-state index in [1.54, 1.807) is 6.07 Å². The van der Waals surface area contributed by atoms with Gasteiger partial charge in [-0.1, -0.05) is 34.8 Å². The van der Waals surface area contributed by atoms with E-state index >= 15 is 0 Å². The van der Waals surface area contributed by atoms with Gasteiger partial charge in [0, 0.05) is 27.7 Å². The molecule has 1 aromatic heterocycles. The summed E-state index contributed by atoms with van der Waals surface area (Å²) in [6.45, 7) is 1.33. The number of hydrogen-bond acceptors (Lipinski definition) is 3. The molecule has 0 aliphatic rings. The summed E-state index contributed by atoms with van der Waals surface area (Å²) in [4.78, 5) is 23.9. The monoisotopic (exact) mass is 430 g/mol. The number of rotatable bonds is 3. The smallest absolute Gasteiger partial charge is 0.267 e. The number of fused-ring (bicyclic) bond motifs is 1. The fourth-order valence-corrected chi connectivity index (χ4v) is 4.61. The van der Waals surface area contributed by atoms with Crippen molar-refractivity contribution in [1.82, 2.24) is 0 Å². The van der Waals surface area contributed by atoms with Crippen molar-refractivity contribution in [2.45, 2.75) is 6.92 Å². The van der Waals surface area contributed by atoms with E-state index in [2.05, 4.69) is 10.6 Å². The van der Waals surface area contributed by atoms with Gasteiger partial charge in [-0.15, -0.1) is 11.3 Å². The third-order valence-corrected chi connectivity index (χ3v) is 5.53. The zero-order chi connectivity index (χ0) is 19.0. The lowest BCUT2D eigenvalue weighted by atomic mass is 10.2. The third-order valence-electron chi connectivity index (χ3n) is 3.39. The molecular weight excluding hydrogens is 422 g/mol. The second kappa shape index (κ2) is 7.40. The summed E-state index contributed by atoms with van der Waals surface area (Å²) in [5.41, 5.74) is 0.269. The Kier molecular flexibility index (Phi) is 5.39. The lowest BCUT2D eigenvalue weighted by molar-refractivity contribution is -0.114. The van der Waals surface area contributed by atoms with Crippen molar-refractivity contribution in [1.29, 1.82) is 0 Å². The quantitative estimate of drug-likeness (QED) is 0.518. The van der Waals surface area contributed by atoms with E-state index in [-0.39, 0.29) is 21.5 Å². The van der Waals surface area contributed by atoms with Gasteiger partial charge in [0.25, 0.3) is 5.91 Å². The summed E-state index contributed by atoms with van der Waals surface area (Å²) in [5, 5.41) is 6.41. The fraction of sp³-hybridized carbons (Fsp3) is 0.0588. The molecule has 0 saturated carbocycles. The largest absolute Gasteiger partial charge is 0.326 e. The highest BCUT2D eigenvalue weighted by molar-refractivity contribution is 7.21. The van der Waals surface area contributed by atoms with E-state index < -0.39 is 11.7 Å². The van der Waals surface area contributed by atoms with Gasteiger partial charge in [-0.25, -0.2) is 4.39 Å². The number of nitrogens with one attached hydrogen (secondary N) is 2. The van der Waals surface area contributed by atoms with Crippen molar-refractivity contribution in [3.8, 4) is 0 Å². The molecule has 2 aromatic carbocycles. The number of benzene rings is 2. The Labute approximate surface area is 166 Å². The molecule has 0 aliphatic heterocycles. The van der Waals surface area contributed by atoms with Crippen LogP contribution in [0.5, 0.6) is 0 Å². The topological polar surface area (TPSA) is 58.2 Å². The summed E-state index contributed by atoms with van der Waals surface area (Å²) in [6, 6.07) is 7.03. The predicted molar refractivity (Wildman–Crippen MR) is 106 cm³/mol. The summed E-state index contributed by atoms with van der Waals surface area (Å²) < 4.78 is 14.7. The van der Waals surface area contributed by atoms with Crippen LogP contribution in [-0.4, -0.2) is 11.8 Å². The molecule has 0 fully saturated rings. The number of thiophene rings is 1. The lowest BCUT2D eigenvalue weighted by Gasteiger charge is -2.08. The maximum Gasteiger partial charge on any atom is 0.267 e. The zero-order valence-electron chi connectivity index (χ0n) is 13.1. The molecule has 4 nitrogen and oxygen atoms in total. The maximum absolute atomic E-state index is 14.0. The minimum absolute atomic E-state index is 0.0843. The van der Waals surface area contributed by atoms with Gasteiger partial charge in [0.05, 0.1) is 15.7 Å².